The van der Waals surface area contributed by atoms with Gasteiger partial charge < -0.3 is 5.32 Å². The van der Waals surface area contributed by atoms with Crippen LogP contribution in [0.3, 0.4) is 0 Å². The number of amides is 1. The van der Waals surface area contributed by atoms with Crippen molar-refractivity contribution in [1.82, 2.24) is 29.9 Å². The summed E-state index contributed by atoms with van der Waals surface area (Å²) >= 11 is 0. The Kier molecular flexibility index (Phi) is 4.51. The van der Waals surface area contributed by atoms with Gasteiger partial charge >= 0.3 is 0 Å². The molecule has 0 aliphatic heterocycles. The Hall–Kier alpha value is -2.96. The molecule has 1 aliphatic rings. The number of rotatable bonds is 5. The number of carbonyl (C=O) groups is 1. The first-order chi connectivity index (χ1) is 12.8. The molecule has 0 aromatic carbocycles. The van der Waals surface area contributed by atoms with Crippen LogP contribution in [-0.4, -0.2) is 30.5 Å². The summed E-state index contributed by atoms with van der Waals surface area (Å²) < 4.78 is 3.64. The smallest absolute Gasteiger partial charge is 0.270 e. The zero-order valence-electron chi connectivity index (χ0n) is 14.8. The van der Waals surface area contributed by atoms with Crippen molar-refractivity contribution < 1.29 is 4.79 Å². The summed E-state index contributed by atoms with van der Waals surface area (Å²) in [4.78, 5) is 17.1. The van der Waals surface area contributed by atoms with Crippen molar-refractivity contribution in [2.45, 2.75) is 45.2 Å². The molecule has 0 fully saturated rings. The Morgan fingerprint density at radius 1 is 1.27 bits per heavy atom. The SMILES string of the molecule is CCCn1nccc1C(=O)N[C@@H]1CCCc2c1cnn2-c1ccccn1. The zero-order valence-corrected chi connectivity index (χ0v) is 14.8. The summed E-state index contributed by atoms with van der Waals surface area (Å²) in [5.74, 6) is 0.723. The van der Waals surface area contributed by atoms with Crippen LogP contribution in [0.25, 0.3) is 5.82 Å². The van der Waals surface area contributed by atoms with Gasteiger partial charge in [-0.25, -0.2) is 9.67 Å². The summed E-state index contributed by atoms with van der Waals surface area (Å²) in [6.45, 7) is 2.81. The second kappa shape index (κ2) is 7.11. The van der Waals surface area contributed by atoms with Gasteiger partial charge in [-0.15, -0.1) is 0 Å². The molecule has 0 spiro atoms. The molecule has 0 saturated carbocycles. The van der Waals surface area contributed by atoms with Gasteiger partial charge in [0, 0.05) is 24.5 Å². The molecule has 0 saturated heterocycles. The Morgan fingerprint density at radius 3 is 3.00 bits per heavy atom. The molecule has 4 rings (SSSR count). The maximum atomic E-state index is 12.7. The van der Waals surface area contributed by atoms with Crippen molar-refractivity contribution in [3.63, 3.8) is 0 Å². The molecule has 0 unspecified atom stereocenters. The number of carbonyl (C=O) groups excluding carboxylic acids is 1. The van der Waals surface area contributed by atoms with E-state index in [1.807, 2.05) is 29.1 Å². The van der Waals surface area contributed by atoms with E-state index in [1.54, 1.807) is 23.1 Å². The molecule has 0 bridgehead atoms. The van der Waals surface area contributed by atoms with Crippen molar-refractivity contribution in [1.29, 1.82) is 0 Å². The van der Waals surface area contributed by atoms with Gasteiger partial charge in [-0.2, -0.15) is 10.2 Å². The van der Waals surface area contributed by atoms with E-state index in [0.29, 0.717) is 5.69 Å². The van der Waals surface area contributed by atoms with Gasteiger partial charge in [0.1, 0.15) is 5.69 Å². The van der Waals surface area contributed by atoms with Crippen LogP contribution in [0.1, 0.15) is 54.0 Å². The Balaban J connectivity index is 1.58. The second-order valence-corrected chi connectivity index (χ2v) is 6.50. The summed E-state index contributed by atoms with van der Waals surface area (Å²) in [5, 5.41) is 11.9. The first-order valence-corrected chi connectivity index (χ1v) is 9.08. The fourth-order valence-corrected chi connectivity index (χ4v) is 3.53. The van der Waals surface area contributed by atoms with Crippen LogP contribution in [0.2, 0.25) is 0 Å². The third kappa shape index (κ3) is 3.00. The quantitative estimate of drug-likeness (QED) is 0.767. The fourth-order valence-electron chi connectivity index (χ4n) is 3.53. The van der Waals surface area contributed by atoms with Gasteiger partial charge in [-0.1, -0.05) is 13.0 Å². The molecule has 134 valence electrons. The maximum absolute atomic E-state index is 12.7. The summed E-state index contributed by atoms with van der Waals surface area (Å²) in [6.07, 6.45) is 9.09. The van der Waals surface area contributed by atoms with E-state index in [0.717, 1.165) is 49.3 Å². The van der Waals surface area contributed by atoms with Gasteiger partial charge in [-0.3, -0.25) is 9.48 Å². The Morgan fingerprint density at radius 2 is 2.19 bits per heavy atom. The highest BCUT2D eigenvalue weighted by Crippen LogP contribution is 2.31. The van der Waals surface area contributed by atoms with Crippen LogP contribution < -0.4 is 5.32 Å². The lowest BCUT2D eigenvalue weighted by atomic mass is 9.93. The Bertz CT molecular complexity index is 898. The minimum atomic E-state index is -0.0839. The molecule has 26 heavy (non-hydrogen) atoms. The van der Waals surface area contributed by atoms with Crippen molar-refractivity contribution in [3.05, 3.63) is 59.8 Å². The third-order valence-electron chi connectivity index (χ3n) is 4.74. The molecule has 1 aliphatic carbocycles. The van der Waals surface area contributed by atoms with Gasteiger partial charge in [0.15, 0.2) is 5.82 Å². The zero-order chi connectivity index (χ0) is 17.9. The van der Waals surface area contributed by atoms with E-state index >= 15 is 0 Å². The van der Waals surface area contributed by atoms with Gasteiger partial charge in [-0.05, 0) is 43.9 Å². The number of hydrogen-bond acceptors (Lipinski definition) is 4. The van der Waals surface area contributed by atoms with E-state index in [2.05, 4.69) is 27.4 Å². The van der Waals surface area contributed by atoms with Crippen LogP contribution in [-0.2, 0) is 13.0 Å². The van der Waals surface area contributed by atoms with Crippen LogP contribution >= 0.6 is 0 Å². The third-order valence-corrected chi connectivity index (χ3v) is 4.74. The fraction of sp³-hybridized carbons (Fsp3) is 0.368. The number of aromatic nitrogens is 5. The molecule has 1 N–H and O–H groups in total. The standard InChI is InChI=1S/C19H22N6O/c1-2-12-24-17(9-11-21-24)19(26)23-15-6-5-7-16-14(15)13-22-25(16)18-8-3-4-10-20-18/h3-4,8-11,13,15H,2,5-7,12H2,1H3,(H,23,26)/t15-/m1/s1. The van der Waals surface area contributed by atoms with Gasteiger partial charge in [0.25, 0.3) is 5.91 Å². The number of fused-ring (bicyclic) bond motifs is 1. The van der Waals surface area contributed by atoms with E-state index in [4.69, 9.17) is 0 Å². The first kappa shape index (κ1) is 16.5. The van der Waals surface area contributed by atoms with Crippen molar-refractivity contribution in [2.75, 3.05) is 0 Å². The van der Waals surface area contributed by atoms with E-state index in [9.17, 15) is 4.79 Å². The largest absolute Gasteiger partial charge is 0.344 e. The molecule has 3 aromatic heterocycles. The van der Waals surface area contributed by atoms with Crippen LogP contribution in [0, 0.1) is 0 Å². The molecule has 1 amide bonds. The number of nitrogens with zero attached hydrogens (tertiary/aromatic N) is 5. The normalized spacial score (nSPS) is 16.3. The molecule has 1 atom stereocenters. The number of aryl methyl sites for hydroxylation is 1. The molecular weight excluding hydrogens is 328 g/mol. The van der Waals surface area contributed by atoms with Crippen LogP contribution in [0.4, 0.5) is 0 Å². The summed E-state index contributed by atoms with van der Waals surface area (Å²) in [5.41, 5.74) is 2.82. The minimum absolute atomic E-state index is 0.0336. The first-order valence-electron chi connectivity index (χ1n) is 9.08. The van der Waals surface area contributed by atoms with Gasteiger partial charge in [0.2, 0.25) is 0 Å². The van der Waals surface area contributed by atoms with Crippen molar-refractivity contribution in [3.8, 4) is 5.82 Å². The minimum Gasteiger partial charge on any atom is -0.344 e. The van der Waals surface area contributed by atoms with Crippen molar-refractivity contribution in [2.24, 2.45) is 0 Å². The highest BCUT2D eigenvalue weighted by Gasteiger charge is 2.27. The van der Waals surface area contributed by atoms with E-state index in [-0.39, 0.29) is 11.9 Å². The predicted octanol–water partition coefficient (Wildman–Crippen LogP) is 2.68. The van der Waals surface area contributed by atoms with Crippen LogP contribution in [0.15, 0.2) is 42.9 Å². The highest BCUT2D eigenvalue weighted by molar-refractivity contribution is 5.92. The van der Waals surface area contributed by atoms with Crippen LogP contribution in [0.5, 0.6) is 0 Å². The topological polar surface area (TPSA) is 77.6 Å². The molecule has 7 heteroatoms. The molecule has 0 radical (unpaired) electrons. The lowest BCUT2D eigenvalue weighted by molar-refractivity contribution is 0.0921. The highest BCUT2D eigenvalue weighted by atomic mass is 16.2. The van der Waals surface area contributed by atoms with E-state index in [1.165, 1.54) is 0 Å². The van der Waals surface area contributed by atoms with Gasteiger partial charge in [0.05, 0.1) is 17.9 Å². The van der Waals surface area contributed by atoms with E-state index < -0.39 is 0 Å². The lowest BCUT2D eigenvalue weighted by Crippen LogP contribution is -2.32. The average Bonchev–Trinajstić information content (AvgIpc) is 3.30. The number of hydrogen-bond donors (Lipinski definition) is 1. The second-order valence-electron chi connectivity index (χ2n) is 6.50. The lowest BCUT2D eigenvalue weighted by Gasteiger charge is -2.24. The summed E-state index contributed by atoms with van der Waals surface area (Å²) in [6, 6.07) is 7.52. The number of pyridine rings is 1. The molecule has 3 heterocycles. The van der Waals surface area contributed by atoms with Crippen molar-refractivity contribution >= 4 is 5.91 Å². The summed E-state index contributed by atoms with van der Waals surface area (Å²) in [7, 11) is 0. The monoisotopic (exact) mass is 350 g/mol. The molecular formula is C19H22N6O. The maximum Gasteiger partial charge on any atom is 0.270 e. The number of nitrogens with one attached hydrogen (secondary N) is 1. The molecule has 7 nitrogen and oxygen atoms in total. The average molecular weight is 350 g/mol. The predicted molar refractivity (Wildman–Crippen MR) is 97.0 cm³/mol. The molecule has 3 aromatic rings. The Labute approximate surface area is 152 Å².